The zero-order chi connectivity index (χ0) is 139. The van der Waals surface area contributed by atoms with Crippen LogP contribution in [0, 0.1) is 82.9 Å². The third kappa shape index (κ3) is 25.2. The Morgan fingerprint density at radius 1 is 0.368 bits per heavy atom. The zero-order valence-corrected chi connectivity index (χ0v) is 77.2. The van der Waals surface area contributed by atoms with Crippen LogP contribution in [0.1, 0.15) is 170 Å². The predicted octanol–water partition coefficient (Wildman–Crippen LogP) is 22.1. The molecule has 0 bridgehead atoms. The molecule has 0 spiro atoms. The number of H-pyrrole nitrogens is 3. The Labute approximate surface area is 893 Å². The van der Waals surface area contributed by atoms with Crippen molar-refractivity contribution in [1.29, 1.82) is 0 Å². The fraction of sp³-hybridized carbons (Fsp3) is 0.105. The molecule has 0 unspecified atom stereocenters. The van der Waals surface area contributed by atoms with Crippen LogP contribution >= 0.6 is 0 Å². The van der Waals surface area contributed by atoms with Gasteiger partial charge in [0.15, 0.2) is 0 Å². The van der Waals surface area contributed by atoms with Gasteiger partial charge in [-0.1, -0.05) is 24.2 Å². The second-order valence-electron chi connectivity index (χ2n) is 30.8. The molecule has 0 saturated carbocycles. The topological polar surface area (TPSA) is 374 Å². The Morgan fingerprint density at radius 3 is 1.22 bits per heavy atom. The molecular weight excluding hydrogens is 1800 g/mol. The monoisotopic (exact) mass is 1940 g/mol. The molecule has 0 radical (unpaired) electrons. The molecule has 20 rings (SSSR count). The van der Waals surface area contributed by atoms with Gasteiger partial charge in [-0.3, -0.25) is 39.1 Å². The van der Waals surface area contributed by atoms with Gasteiger partial charge >= 0.3 is 0 Å². The van der Waals surface area contributed by atoms with Gasteiger partial charge in [0.05, 0.1) is 115 Å². The van der Waals surface area contributed by atoms with Gasteiger partial charge in [-0.25, -0.2) is 49.9 Å². The van der Waals surface area contributed by atoms with Gasteiger partial charge in [-0.15, -0.1) is 0 Å². The van der Waals surface area contributed by atoms with E-state index in [1.165, 1.54) is 65.1 Å². The summed E-state index contributed by atoms with van der Waals surface area (Å²) in [4.78, 5) is 118. The summed E-state index contributed by atoms with van der Waals surface area (Å²) in [5.41, 5.74) is -2.30. The maximum Gasteiger partial charge on any atom is 0.255 e. The smallest absolute Gasteiger partial charge is 0.255 e. The summed E-state index contributed by atoms with van der Waals surface area (Å²) in [5, 5.41) is 12.9. The Balaban J connectivity index is 0.000000165. The molecule has 712 valence electrons. The molecular formula is C114H102N26O4. The van der Waals surface area contributed by atoms with E-state index in [1.807, 2.05) is 19.1 Å². The number of hydrogen-bond donors (Lipinski definition) is 8. The fourth-order valence-corrected chi connectivity index (χ4v) is 13.0. The number of amides is 4. The van der Waals surface area contributed by atoms with Crippen LogP contribution in [-0.4, -0.2) is 112 Å². The zero-order valence-electron chi connectivity index (χ0n) is 122. The molecule has 20 aromatic rings. The maximum absolute atomic E-state index is 13.6. The SMILES string of the molecule is [2H]c1c([2H])c(C(=O)Nc2c([2H])c(C)c([2H])c(-n3ccc(C)c3)c2[2H])c([2H])c(Nc2nccc(-c3cccnc3)n2)c1C.[2H]c1nc(=Nc2cc(C(=O)Nc3c([2H])c(C)c([2H])c(-n4c([2H])cc(C)c4[2H])c3[2H])ccc2C([2H])([2H])[2H])[nH]c(-c2c([2H])nc([2H])c([2H])c2[2H])c1[2H].[2H]c1nc(=Nc2cc(C(=O)Nc3c([2H])c(C)c([2H])c(-n4c([2H])nc(C)c4[2H])c3[2H])ccc2C([2H])([2H])[2H])[nH]c(-c2c([2H])nc([2H])c([2H])c2[2H])c1[2H].[2H]c1nc(=Nc2cc(C(=O)Nc3c([2H])c(C)c([2H])c(-n4c([2H])nc(C)c4[2H])c3[2H])ccc2C)[nH]c(-c2c([2H])nc([2H])c([2H])c2[2H])c1[2H]. The van der Waals surface area contributed by atoms with Crippen LogP contribution in [0.3, 0.4) is 0 Å². The summed E-state index contributed by atoms with van der Waals surface area (Å²) < 4.78 is 376. The third-order valence-electron chi connectivity index (χ3n) is 19.7. The molecule has 0 fully saturated rings. The van der Waals surface area contributed by atoms with E-state index in [1.54, 1.807) is 75.2 Å². The normalized spacial score (nSPS) is 15.9. The second kappa shape index (κ2) is 44.5. The van der Waals surface area contributed by atoms with Crippen molar-refractivity contribution < 1.29 is 80.9 Å². The molecule has 0 aliphatic rings. The van der Waals surface area contributed by atoms with Crippen LogP contribution in [0.5, 0.6) is 0 Å². The Morgan fingerprint density at radius 2 is 0.806 bits per heavy atom. The highest BCUT2D eigenvalue weighted by Crippen LogP contribution is 2.31. The second-order valence-corrected chi connectivity index (χ2v) is 30.8. The maximum atomic E-state index is 13.6. The van der Waals surface area contributed by atoms with Crippen molar-refractivity contribution in [3.8, 4) is 67.8 Å². The number of nitrogens with one attached hydrogen (secondary N) is 8. The van der Waals surface area contributed by atoms with E-state index in [4.69, 9.17) is 61.7 Å². The number of hydrogen-bond acceptors (Lipinski definition) is 19. The Bertz CT molecular complexity index is 10800. The van der Waals surface area contributed by atoms with Crippen molar-refractivity contribution in [3.05, 3.63) is 460 Å². The standard InChI is InChI=1S/2C29H26N6O.2C28H25N7O/c2*1-19-9-12-35(18-19)25-14-20(2)13-24(16-25)32-28(36)22-7-6-21(3)27(15-22)34-29-31-11-8-26(33-29)23-5-4-10-30-17-23;2*1-18-11-23(14-24(12-18)35-16-20(3)31-17-35)32-27(36)21-7-6-19(2)26(13-21)34-28-30-10-8-25(33-28)22-5-4-9-29-15-22/h2*4-18H,1-3H3,(H,32,36)(H,31,33,34);2*4-17H,1-3H3,(H,32,36)(H,30,33,34)/i3D3,4D,5D,8D,10D,11D,12D,13D,14D,16D,17D,18D;6D,7D,13D,14D,15D,16D;2D3,4D,5D,8D,9D,10D,11D,12D,14D,15D,16D,17D;4D,5D,8D,9D,10D,11D,12D,14D,15D,16D,17D. The van der Waals surface area contributed by atoms with Crippen molar-refractivity contribution in [2.24, 2.45) is 15.0 Å². The van der Waals surface area contributed by atoms with E-state index >= 15 is 0 Å². The first kappa shape index (κ1) is 55.4. The molecule has 30 nitrogen and oxygen atoms in total. The van der Waals surface area contributed by atoms with Crippen LogP contribution in [0.4, 0.5) is 51.4 Å². The number of rotatable bonds is 21. The first-order valence-corrected chi connectivity index (χ1v) is 42.8. The summed E-state index contributed by atoms with van der Waals surface area (Å²) in [6.45, 7) is 9.96. The first-order chi connectivity index (χ1) is 88.5. The number of aromatic amines is 3. The van der Waals surface area contributed by atoms with Crippen LogP contribution in [0.2, 0.25) is 0 Å². The van der Waals surface area contributed by atoms with Gasteiger partial charge in [-0.2, -0.15) is 0 Å². The van der Waals surface area contributed by atoms with Gasteiger partial charge in [0.1, 0.15) is 2.74 Å². The van der Waals surface area contributed by atoms with Crippen LogP contribution in [0.25, 0.3) is 67.8 Å². The highest BCUT2D eigenvalue weighted by atomic mass is 16.2. The highest BCUT2D eigenvalue weighted by Gasteiger charge is 2.19. The van der Waals surface area contributed by atoms with Crippen LogP contribution in [0.15, 0.2) is 369 Å². The molecule has 4 amide bonds. The van der Waals surface area contributed by atoms with Gasteiger partial charge in [0.25, 0.3) is 23.6 Å². The summed E-state index contributed by atoms with van der Waals surface area (Å²) in [5.74, 6) is -3.39. The number of imidazole rings is 2. The number of nitrogens with zero attached hydrogens (tertiary/aromatic N) is 18. The van der Waals surface area contributed by atoms with Crippen molar-refractivity contribution in [2.75, 3.05) is 26.6 Å². The lowest BCUT2D eigenvalue weighted by Gasteiger charge is -2.13. The van der Waals surface area contributed by atoms with Gasteiger partial charge < -0.3 is 59.8 Å². The summed E-state index contributed by atoms with van der Waals surface area (Å²) in [6.07, 6.45) is 0.997. The molecule has 0 saturated heterocycles. The first-order valence-electron chi connectivity index (χ1n) is 65.3. The number of benzene rings is 8. The predicted molar refractivity (Wildman–Crippen MR) is 563 cm³/mol. The molecule has 0 atom stereocenters. The fourth-order valence-electron chi connectivity index (χ4n) is 13.0. The summed E-state index contributed by atoms with van der Waals surface area (Å²) in [7, 11) is 0. The van der Waals surface area contributed by atoms with E-state index in [2.05, 4.69) is 111 Å². The van der Waals surface area contributed by atoms with Crippen molar-refractivity contribution in [1.82, 2.24) is 88.0 Å². The van der Waals surface area contributed by atoms with Crippen LogP contribution in [-0.2, 0) is 0 Å². The van der Waals surface area contributed by atoms with Crippen molar-refractivity contribution >= 4 is 75.1 Å². The van der Waals surface area contributed by atoms with E-state index in [9.17, 15) is 19.2 Å². The van der Waals surface area contributed by atoms with Crippen LogP contribution < -0.4 is 43.4 Å². The molecule has 12 aromatic heterocycles. The quantitative estimate of drug-likeness (QED) is 0.0331. The molecule has 0 aliphatic carbocycles. The van der Waals surface area contributed by atoms with E-state index < -0.39 is 195 Å². The molecule has 30 heteroatoms. The van der Waals surface area contributed by atoms with Crippen molar-refractivity contribution in [2.45, 2.75) is 82.9 Å². The minimum Gasteiger partial charge on any atom is -0.324 e. The van der Waals surface area contributed by atoms with Gasteiger partial charge in [0.2, 0.25) is 22.8 Å². The molecule has 0 aliphatic heterocycles. The average molecular weight is 1950 g/mol. The summed E-state index contributed by atoms with van der Waals surface area (Å²) >= 11 is 0. The van der Waals surface area contributed by atoms with E-state index in [-0.39, 0.29) is 278 Å². The summed E-state index contributed by atoms with van der Waals surface area (Å²) in [6, 6.07) is 9.27. The lowest BCUT2D eigenvalue weighted by molar-refractivity contribution is 0.101. The number of carbonyl (C=O) groups is 4. The Hall–Kier alpha value is -19.3. The number of aryl methyl sites for hydroxylation is 7. The highest BCUT2D eigenvalue weighted by molar-refractivity contribution is 6.07. The van der Waals surface area contributed by atoms with E-state index in [0.29, 0.717) is 16.8 Å². The third-order valence-corrected chi connectivity index (χ3v) is 19.7. The number of pyridine rings is 4. The number of anilines is 6. The number of aromatic nitrogens is 18. The average Bonchev–Trinajstić information content (AvgIpc) is 1.43. The lowest BCUT2D eigenvalue weighted by Crippen LogP contribution is -2.14. The molecule has 8 N–H and O–H groups in total. The molecule has 12 heterocycles. The number of carbonyl (C=O) groups excluding carboxylic acids is 4. The Kier molecular flexibility index (Phi) is 17.1. The largest absolute Gasteiger partial charge is 0.324 e. The lowest BCUT2D eigenvalue weighted by atomic mass is 10.1. The minimum absolute atomic E-state index is 0.0234. The molecule has 8 aromatic carbocycles. The minimum atomic E-state index is -2.78. The van der Waals surface area contributed by atoms with Gasteiger partial charge in [0, 0.05) is 215 Å². The van der Waals surface area contributed by atoms with E-state index in [0.717, 1.165) is 55.2 Å². The van der Waals surface area contributed by atoms with Crippen molar-refractivity contribution in [3.63, 3.8) is 0 Å². The molecule has 144 heavy (non-hydrogen) atoms. The van der Waals surface area contributed by atoms with Gasteiger partial charge in [-0.05, 0) is 344 Å².